The van der Waals surface area contributed by atoms with E-state index in [1.807, 2.05) is 13.8 Å². The van der Waals surface area contributed by atoms with Crippen LogP contribution in [0.15, 0.2) is 18.2 Å². The molecular weight excluding hydrogens is 283 g/mol. The number of amides is 2. The van der Waals surface area contributed by atoms with Gasteiger partial charge in [-0.25, -0.2) is 4.39 Å². The summed E-state index contributed by atoms with van der Waals surface area (Å²) in [5, 5.41) is 2.84. The topological polar surface area (TPSA) is 49.4 Å². The maximum absolute atomic E-state index is 14.0. The Labute approximate surface area is 121 Å². The summed E-state index contributed by atoms with van der Waals surface area (Å²) < 4.78 is 14.0. The number of nitrogens with one attached hydrogen (secondary N) is 1. The Kier molecular flexibility index (Phi) is 3.99. The van der Waals surface area contributed by atoms with Gasteiger partial charge in [-0.15, -0.1) is 0 Å². The van der Waals surface area contributed by atoms with Crippen molar-refractivity contribution in [3.63, 3.8) is 0 Å². The van der Waals surface area contributed by atoms with E-state index in [0.717, 1.165) is 4.90 Å². The van der Waals surface area contributed by atoms with Crippen LogP contribution in [0, 0.1) is 5.82 Å². The lowest BCUT2D eigenvalue weighted by atomic mass is 9.88. The van der Waals surface area contributed by atoms with Crippen molar-refractivity contribution in [1.82, 2.24) is 5.32 Å². The lowest BCUT2D eigenvalue weighted by molar-refractivity contribution is -0.136. The Morgan fingerprint density at radius 1 is 1.35 bits per heavy atom. The minimum atomic E-state index is -0.985. The molecule has 0 bridgehead atoms. The normalized spacial score (nSPS) is 18.1. The molecule has 1 N–H and O–H groups in total. The standard InChI is InChI=1S/C14H16ClFN2O2/c1-3-14(4-2)13(20)18(8-11(19)17-14)12-9(15)6-5-7-10(12)16/h5-7H,3-4,8H2,1-2H3,(H,17,19). The van der Waals surface area contributed by atoms with Gasteiger partial charge in [0.05, 0.1) is 10.7 Å². The third-order valence-corrected chi connectivity index (χ3v) is 4.05. The molecule has 108 valence electrons. The first-order valence-electron chi connectivity index (χ1n) is 6.52. The van der Waals surface area contributed by atoms with Crippen molar-refractivity contribution in [3.05, 3.63) is 29.0 Å². The van der Waals surface area contributed by atoms with Gasteiger partial charge in [-0.05, 0) is 25.0 Å². The molecule has 20 heavy (non-hydrogen) atoms. The Hall–Kier alpha value is -1.62. The van der Waals surface area contributed by atoms with E-state index < -0.39 is 11.4 Å². The minimum absolute atomic E-state index is 0.0275. The number of hydrogen-bond acceptors (Lipinski definition) is 2. The monoisotopic (exact) mass is 298 g/mol. The Balaban J connectivity index is 2.51. The Morgan fingerprint density at radius 3 is 2.55 bits per heavy atom. The highest BCUT2D eigenvalue weighted by Gasteiger charge is 2.45. The zero-order valence-electron chi connectivity index (χ0n) is 11.4. The van der Waals surface area contributed by atoms with Gasteiger partial charge >= 0.3 is 0 Å². The average molecular weight is 299 g/mol. The van der Waals surface area contributed by atoms with Gasteiger partial charge in [0, 0.05) is 0 Å². The molecule has 6 heteroatoms. The van der Waals surface area contributed by atoms with E-state index in [2.05, 4.69) is 5.32 Å². The van der Waals surface area contributed by atoms with E-state index in [-0.39, 0.29) is 29.1 Å². The zero-order valence-corrected chi connectivity index (χ0v) is 12.1. The molecule has 2 rings (SSSR count). The summed E-state index contributed by atoms with van der Waals surface area (Å²) in [4.78, 5) is 25.7. The third-order valence-electron chi connectivity index (χ3n) is 3.75. The molecule has 1 saturated heterocycles. The quantitative estimate of drug-likeness (QED) is 0.932. The predicted octanol–water partition coefficient (Wildman–Crippen LogP) is 2.50. The van der Waals surface area contributed by atoms with Crippen LogP contribution in [0.2, 0.25) is 5.02 Å². The number of para-hydroxylation sites is 1. The van der Waals surface area contributed by atoms with Crippen molar-refractivity contribution >= 4 is 29.1 Å². The summed E-state index contributed by atoms with van der Waals surface area (Å²) in [7, 11) is 0. The fourth-order valence-electron chi connectivity index (χ4n) is 2.49. The summed E-state index contributed by atoms with van der Waals surface area (Å²) in [5.74, 6) is -1.25. The van der Waals surface area contributed by atoms with Crippen LogP contribution in [0.1, 0.15) is 26.7 Å². The summed E-state index contributed by atoms with van der Waals surface area (Å²) >= 11 is 5.99. The molecule has 1 fully saturated rings. The van der Waals surface area contributed by atoms with Crippen LogP contribution < -0.4 is 10.2 Å². The van der Waals surface area contributed by atoms with E-state index >= 15 is 0 Å². The number of benzene rings is 1. The predicted molar refractivity (Wildman–Crippen MR) is 75.2 cm³/mol. The second-order valence-corrected chi connectivity index (χ2v) is 5.21. The molecule has 1 aromatic rings. The first-order valence-corrected chi connectivity index (χ1v) is 6.90. The van der Waals surface area contributed by atoms with Crippen molar-refractivity contribution in [3.8, 4) is 0 Å². The molecule has 1 aromatic carbocycles. The Morgan fingerprint density at radius 2 is 2.00 bits per heavy atom. The highest BCUT2D eigenvalue weighted by molar-refractivity contribution is 6.34. The van der Waals surface area contributed by atoms with E-state index in [4.69, 9.17) is 11.6 Å². The summed E-state index contributed by atoms with van der Waals surface area (Å²) in [6.45, 7) is 3.41. The highest BCUT2D eigenvalue weighted by atomic mass is 35.5. The van der Waals surface area contributed by atoms with Crippen molar-refractivity contribution in [2.24, 2.45) is 0 Å². The van der Waals surface area contributed by atoms with Crippen LogP contribution in [-0.4, -0.2) is 23.9 Å². The van der Waals surface area contributed by atoms with Crippen LogP contribution >= 0.6 is 11.6 Å². The molecule has 0 saturated carbocycles. The van der Waals surface area contributed by atoms with Gasteiger partial charge in [0.1, 0.15) is 17.9 Å². The number of carbonyl (C=O) groups excluding carboxylic acids is 2. The molecule has 1 aliphatic rings. The van der Waals surface area contributed by atoms with Crippen LogP contribution in [0.4, 0.5) is 10.1 Å². The van der Waals surface area contributed by atoms with E-state index in [1.54, 1.807) is 0 Å². The van der Waals surface area contributed by atoms with Gasteiger partial charge in [-0.2, -0.15) is 0 Å². The summed E-state index contributed by atoms with van der Waals surface area (Å²) in [6.07, 6.45) is 0.882. The SMILES string of the molecule is CCC1(CC)NC(=O)CN(c2c(F)cccc2Cl)C1=O. The van der Waals surface area contributed by atoms with Crippen LogP contribution in [-0.2, 0) is 9.59 Å². The van der Waals surface area contributed by atoms with Gasteiger partial charge in [-0.3, -0.25) is 14.5 Å². The molecule has 0 unspecified atom stereocenters. The average Bonchev–Trinajstić information content (AvgIpc) is 2.42. The van der Waals surface area contributed by atoms with Gasteiger partial charge in [0.2, 0.25) is 5.91 Å². The first-order chi connectivity index (χ1) is 9.45. The highest BCUT2D eigenvalue weighted by Crippen LogP contribution is 2.33. The van der Waals surface area contributed by atoms with Crippen LogP contribution in [0.25, 0.3) is 0 Å². The molecule has 0 atom stereocenters. The summed E-state index contributed by atoms with van der Waals surface area (Å²) in [6, 6.07) is 4.18. The van der Waals surface area contributed by atoms with E-state index in [0.29, 0.717) is 12.8 Å². The van der Waals surface area contributed by atoms with Crippen LogP contribution in [0.3, 0.4) is 0 Å². The number of carbonyl (C=O) groups is 2. The maximum Gasteiger partial charge on any atom is 0.253 e. The molecule has 4 nitrogen and oxygen atoms in total. The number of hydrogen-bond donors (Lipinski definition) is 1. The molecule has 1 heterocycles. The smallest absolute Gasteiger partial charge is 0.253 e. The molecule has 1 aliphatic heterocycles. The van der Waals surface area contributed by atoms with E-state index in [9.17, 15) is 14.0 Å². The number of rotatable bonds is 3. The van der Waals surface area contributed by atoms with Crippen molar-refractivity contribution in [2.75, 3.05) is 11.4 Å². The van der Waals surface area contributed by atoms with Crippen molar-refractivity contribution in [2.45, 2.75) is 32.2 Å². The van der Waals surface area contributed by atoms with Gasteiger partial charge in [0.25, 0.3) is 5.91 Å². The molecule has 0 aromatic heterocycles. The Bertz CT molecular complexity index is 538. The number of anilines is 1. The van der Waals surface area contributed by atoms with Gasteiger partial charge in [-0.1, -0.05) is 31.5 Å². The number of nitrogens with zero attached hydrogens (tertiary/aromatic N) is 1. The van der Waals surface area contributed by atoms with Gasteiger partial charge in [0.15, 0.2) is 0 Å². The van der Waals surface area contributed by atoms with Gasteiger partial charge < -0.3 is 5.32 Å². The summed E-state index contributed by atoms with van der Waals surface area (Å²) in [5.41, 5.74) is -1.01. The lowest BCUT2D eigenvalue weighted by Gasteiger charge is -2.41. The van der Waals surface area contributed by atoms with Crippen molar-refractivity contribution in [1.29, 1.82) is 0 Å². The third kappa shape index (κ3) is 2.26. The second-order valence-electron chi connectivity index (χ2n) is 4.80. The van der Waals surface area contributed by atoms with E-state index in [1.165, 1.54) is 18.2 Å². The minimum Gasteiger partial charge on any atom is -0.340 e. The fourth-order valence-corrected chi connectivity index (χ4v) is 2.76. The number of piperazine rings is 1. The largest absolute Gasteiger partial charge is 0.340 e. The van der Waals surface area contributed by atoms with Crippen LogP contribution in [0.5, 0.6) is 0 Å². The molecule has 2 amide bonds. The fraction of sp³-hybridized carbons (Fsp3) is 0.429. The van der Waals surface area contributed by atoms with Crippen molar-refractivity contribution < 1.29 is 14.0 Å². The zero-order chi connectivity index (χ0) is 14.9. The molecular formula is C14H16ClFN2O2. The lowest BCUT2D eigenvalue weighted by Crippen LogP contribution is -2.66. The molecule has 0 spiro atoms. The molecule has 0 aliphatic carbocycles. The number of halogens is 2. The second kappa shape index (κ2) is 5.40. The first kappa shape index (κ1) is 14.8. The maximum atomic E-state index is 14.0. The molecule has 0 radical (unpaired) electrons.